The van der Waals surface area contributed by atoms with E-state index in [0.29, 0.717) is 12.5 Å². The molecule has 314 valence electrons. The second kappa shape index (κ2) is 16.7. The topological polar surface area (TPSA) is 17.4 Å². The van der Waals surface area contributed by atoms with Crippen LogP contribution in [-0.2, 0) is 0 Å². The van der Waals surface area contributed by atoms with Gasteiger partial charge < -0.3 is 14.2 Å². The van der Waals surface area contributed by atoms with Gasteiger partial charge in [-0.05, 0) is 120 Å². The zero-order valence-electron chi connectivity index (χ0n) is 35.9. The summed E-state index contributed by atoms with van der Waals surface area (Å²) in [6.07, 6.45) is 23.3. The Morgan fingerprint density at radius 3 is 2.32 bits per heavy atom. The molecule has 0 amide bonds. The fourth-order valence-corrected chi connectivity index (χ4v) is 12.1. The summed E-state index contributed by atoms with van der Waals surface area (Å²) in [4.78, 5) is 5.16. The molecule has 12 rings (SSSR count). The highest BCUT2D eigenvalue weighted by atomic mass is 32.1. The minimum absolute atomic E-state index is 0.224. The number of hydrogen-bond acceptors (Lipinski definition) is 4. The Morgan fingerprint density at radius 2 is 1.51 bits per heavy atom. The summed E-state index contributed by atoms with van der Waals surface area (Å²) in [5.41, 5.74) is 10.7. The van der Waals surface area contributed by atoms with Crippen LogP contribution in [0.25, 0.3) is 63.7 Å². The second-order valence-corrected chi connectivity index (χ2v) is 19.3. The summed E-state index contributed by atoms with van der Waals surface area (Å²) < 4.78 is 11.7. The Labute approximate surface area is 387 Å². The van der Waals surface area contributed by atoms with Gasteiger partial charge in [-0.2, -0.15) is 0 Å². The van der Waals surface area contributed by atoms with Gasteiger partial charge in [0.25, 0.3) is 0 Å². The summed E-state index contributed by atoms with van der Waals surface area (Å²) in [6.45, 7) is 4.80. The molecule has 2 unspecified atom stereocenters. The molecule has 2 aliphatic carbocycles. The number of allylic oxidation sites excluding steroid dienone is 11. The predicted molar refractivity (Wildman–Crippen MR) is 279 cm³/mol. The SMILES string of the molecule is C=CC/C=C(\C=C/CN(C1=CCC(c2cc3ccccc3s2)C=C1)c1ccc(-c2cc3ccccc3s2)cc1)c1ccc2c(c1)c1ccccc1n2C1=C2Oc3ccccc3C2CC=C1. The Kier molecular flexibility index (Phi) is 10.2. The van der Waals surface area contributed by atoms with Gasteiger partial charge in [-0.1, -0.05) is 134 Å². The van der Waals surface area contributed by atoms with Crippen LogP contribution in [-0.4, -0.2) is 11.1 Å². The van der Waals surface area contributed by atoms with E-state index in [1.165, 1.54) is 85.4 Å². The normalized spacial score (nSPS) is 17.0. The Morgan fingerprint density at radius 1 is 0.738 bits per heavy atom. The van der Waals surface area contributed by atoms with Gasteiger partial charge in [0.1, 0.15) is 11.5 Å². The van der Waals surface area contributed by atoms with Crippen LogP contribution in [0.5, 0.6) is 5.75 Å². The van der Waals surface area contributed by atoms with Crippen molar-refractivity contribution >= 4 is 81.6 Å². The molecule has 9 aromatic rings. The summed E-state index contributed by atoms with van der Waals surface area (Å²) >= 11 is 3.77. The molecule has 1 aliphatic heterocycles. The molecule has 6 aromatic carbocycles. The van der Waals surface area contributed by atoms with Crippen LogP contribution < -0.4 is 9.64 Å². The van der Waals surface area contributed by atoms with E-state index < -0.39 is 0 Å². The third-order valence-electron chi connectivity index (χ3n) is 13.2. The van der Waals surface area contributed by atoms with Crippen LogP contribution in [0.4, 0.5) is 5.69 Å². The Balaban J connectivity index is 0.877. The van der Waals surface area contributed by atoms with E-state index in [0.717, 1.165) is 36.5 Å². The van der Waals surface area contributed by atoms with Crippen molar-refractivity contribution in [2.75, 3.05) is 11.4 Å². The number of aromatic nitrogens is 1. The molecule has 3 aromatic heterocycles. The largest absolute Gasteiger partial charge is 0.459 e. The van der Waals surface area contributed by atoms with Gasteiger partial charge in [-0.15, -0.1) is 29.3 Å². The lowest BCUT2D eigenvalue weighted by molar-refractivity contribution is 0.426. The average Bonchev–Trinajstić information content (AvgIpc) is 4.16. The highest BCUT2D eigenvalue weighted by Gasteiger charge is 2.34. The molecule has 0 saturated carbocycles. The monoisotopic (exact) mass is 874 g/mol. The maximum absolute atomic E-state index is 6.63. The fourth-order valence-electron chi connectivity index (χ4n) is 9.92. The minimum Gasteiger partial charge on any atom is -0.459 e. The van der Waals surface area contributed by atoms with E-state index in [1.807, 2.05) is 28.7 Å². The zero-order chi connectivity index (χ0) is 43.3. The third kappa shape index (κ3) is 7.22. The molecular weight excluding hydrogens is 829 g/mol. The average molecular weight is 875 g/mol. The predicted octanol–water partition coefficient (Wildman–Crippen LogP) is 16.8. The molecule has 0 N–H and O–H groups in total. The van der Waals surface area contributed by atoms with Crippen LogP contribution in [0.3, 0.4) is 0 Å². The second-order valence-electron chi connectivity index (χ2n) is 17.1. The summed E-state index contributed by atoms with van der Waals surface area (Å²) in [5, 5.41) is 5.07. The fraction of sp³-hybridized carbons (Fsp3) is 0.100. The maximum Gasteiger partial charge on any atom is 0.136 e. The number of fused-ring (bicyclic) bond motifs is 8. The van der Waals surface area contributed by atoms with Gasteiger partial charge in [0.05, 0.1) is 22.6 Å². The first-order valence-electron chi connectivity index (χ1n) is 22.6. The smallest absolute Gasteiger partial charge is 0.136 e. The lowest BCUT2D eigenvalue weighted by atomic mass is 9.91. The van der Waals surface area contributed by atoms with Crippen molar-refractivity contribution in [2.45, 2.75) is 31.1 Å². The number of nitrogens with zero attached hydrogens (tertiary/aromatic N) is 2. The third-order valence-corrected chi connectivity index (χ3v) is 15.6. The number of anilines is 1. The van der Waals surface area contributed by atoms with Crippen molar-refractivity contribution in [1.29, 1.82) is 0 Å². The van der Waals surface area contributed by atoms with Crippen molar-refractivity contribution in [1.82, 2.24) is 4.57 Å². The van der Waals surface area contributed by atoms with Gasteiger partial charge in [0.15, 0.2) is 0 Å². The van der Waals surface area contributed by atoms with Gasteiger partial charge >= 0.3 is 0 Å². The molecule has 0 bridgehead atoms. The highest BCUT2D eigenvalue weighted by molar-refractivity contribution is 7.22. The van der Waals surface area contributed by atoms with Crippen LogP contribution in [0, 0.1) is 0 Å². The number of benzene rings is 6. The number of hydrogen-bond donors (Lipinski definition) is 0. The first-order valence-corrected chi connectivity index (χ1v) is 24.2. The molecule has 3 nitrogen and oxygen atoms in total. The number of thiophene rings is 2. The molecule has 0 saturated heterocycles. The standard InChI is InChI=1S/C60H46N2OS2/c1-2-3-14-40(43-30-35-53-51(37-43)48-18-6-8-21-52(48)62(53)54-22-12-20-50-49-19-7-9-23-55(49)63-60(50)54)17-13-36-61(46-31-26-41(27-32-46)58-38-44-15-4-10-24-56(44)64-58)47-33-28-42(29-34-47)59-39-45-16-5-11-25-57(45)65-59/h2,4-19,21-28,30-35,37-39,42,50H,1,3,20,29,36H2/b17-13-,40-14+. The van der Waals surface area contributed by atoms with Crippen molar-refractivity contribution < 1.29 is 4.74 Å². The van der Waals surface area contributed by atoms with Crippen LogP contribution in [0.15, 0.2) is 224 Å². The molecule has 0 spiro atoms. The van der Waals surface area contributed by atoms with E-state index in [2.05, 4.69) is 216 Å². The molecule has 5 heteroatoms. The van der Waals surface area contributed by atoms with E-state index in [1.54, 1.807) is 0 Å². The lowest BCUT2D eigenvalue weighted by Gasteiger charge is -2.28. The van der Waals surface area contributed by atoms with Crippen molar-refractivity contribution in [3.05, 3.63) is 240 Å². The van der Waals surface area contributed by atoms with Gasteiger partial charge in [0.2, 0.25) is 0 Å². The van der Waals surface area contributed by atoms with Gasteiger partial charge in [-0.25, -0.2) is 0 Å². The molecule has 0 fully saturated rings. The lowest BCUT2D eigenvalue weighted by Crippen LogP contribution is -2.23. The molecule has 0 radical (unpaired) electrons. The Bertz CT molecular complexity index is 3440. The van der Waals surface area contributed by atoms with Crippen LogP contribution in [0.1, 0.15) is 47.1 Å². The van der Waals surface area contributed by atoms with Gasteiger partial charge in [-0.3, -0.25) is 0 Å². The van der Waals surface area contributed by atoms with Crippen molar-refractivity contribution in [3.8, 4) is 16.2 Å². The molecule has 3 aliphatic rings. The molecular formula is C60H46N2OS2. The first-order chi connectivity index (χ1) is 32.2. The van der Waals surface area contributed by atoms with Gasteiger partial charge in [0, 0.05) is 59.3 Å². The highest BCUT2D eigenvalue weighted by Crippen LogP contribution is 2.48. The summed E-state index contributed by atoms with van der Waals surface area (Å²) in [7, 11) is 0. The first kappa shape index (κ1) is 39.4. The van der Waals surface area contributed by atoms with Crippen LogP contribution >= 0.6 is 22.7 Å². The quantitative estimate of drug-likeness (QED) is 0.0951. The number of para-hydroxylation sites is 2. The minimum atomic E-state index is 0.224. The van der Waals surface area contributed by atoms with E-state index in [9.17, 15) is 0 Å². The molecule has 4 heterocycles. The number of rotatable bonds is 11. The zero-order valence-corrected chi connectivity index (χ0v) is 37.6. The molecule has 65 heavy (non-hydrogen) atoms. The van der Waals surface area contributed by atoms with Crippen molar-refractivity contribution in [3.63, 3.8) is 0 Å². The van der Waals surface area contributed by atoms with Crippen LogP contribution in [0.2, 0.25) is 0 Å². The Hall–Kier alpha value is -7.18. The summed E-state index contributed by atoms with van der Waals surface area (Å²) in [5.74, 6) is 2.60. The maximum atomic E-state index is 6.63. The summed E-state index contributed by atoms with van der Waals surface area (Å²) in [6, 6.07) is 55.4. The molecule has 2 atom stereocenters. The van der Waals surface area contributed by atoms with E-state index >= 15 is 0 Å². The van der Waals surface area contributed by atoms with E-state index in [-0.39, 0.29) is 5.92 Å². The van der Waals surface area contributed by atoms with E-state index in [4.69, 9.17) is 4.74 Å². The number of ether oxygens (including phenoxy) is 1. The van der Waals surface area contributed by atoms with Crippen molar-refractivity contribution in [2.24, 2.45) is 0 Å².